The summed E-state index contributed by atoms with van der Waals surface area (Å²) >= 11 is 0. The Bertz CT molecular complexity index is 1180. The predicted molar refractivity (Wildman–Crippen MR) is 105 cm³/mol. The Morgan fingerprint density at radius 2 is 1.68 bits per heavy atom. The lowest BCUT2D eigenvalue weighted by Gasteiger charge is -2.12. The number of methoxy groups -OCH3 is 3. The molecule has 2 rings (SSSR count). The van der Waals surface area contributed by atoms with Crippen molar-refractivity contribution in [2.75, 3.05) is 33.2 Å². The lowest BCUT2D eigenvalue weighted by atomic mass is 10.2. The smallest absolute Gasteiger partial charge is 0.409 e. The zero-order chi connectivity index (χ0) is 25.5. The van der Waals surface area contributed by atoms with Gasteiger partial charge in [0.1, 0.15) is 4.90 Å². The summed E-state index contributed by atoms with van der Waals surface area (Å²) in [7, 11) is -1.39. The van der Waals surface area contributed by atoms with Crippen LogP contribution in [0.5, 0.6) is 12.0 Å². The number of benzene rings is 1. The SMILES string of the molecule is COC(=O)c1ccc(N=NCC(F)(F)F)cc1S(=O)(=O)NC(=O)Nc1nc(OC)nc(OC)n1. The first kappa shape index (κ1) is 26.2. The highest BCUT2D eigenvalue weighted by Gasteiger charge is 2.28. The standard InChI is InChI=1S/C16H16F3N7O7S/c1-31-11(27)9-5-4-8(25-20-7-16(17,18)19)6-10(9)34(29,30)26-13(28)21-12-22-14(32-2)24-15(23-12)33-3/h4-6H,7H2,1-3H3,(H2,21,22,23,24,26,28). The van der Waals surface area contributed by atoms with Crippen LogP contribution < -0.4 is 19.5 Å². The molecule has 0 bridgehead atoms. The summed E-state index contributed by atoms with van der Waals surface area (Å²) in [6.07, 6.45) is -4.63. The van der Waals surface area contributed by atoms with E-state index in [-0.39, 0.29) is 17.7 Å². The van der Waals surface area contributed by atoms with Gasteiger partial charge in [0.05, 0.1) is 32.6 Å². The Labute approximate surface area is 189 Å². The van der Waals surface area contributed by atoms with E-state index >= 15 is 0 Å². The number of ether oxygens (including phenoxy) is 3. The molecule has 1 aromatic heterocycles. The number of nitrogens with one attached hydrogen (secondary N) is 2. The van der Waals surface area contributed by atoms with Gasteiger partial charge in [-0.1, -0.05) is 0 Å². The first-order valence-electron chi connectivity index (χ1n) is 8.73. The molecule has 0 spiro atoms. The van der Waals surface area contributed by atoms with E-state index in [9.17, 15) is 31.2 Å². The summed E-state index contributed by atoms with van der Waals surface area (Å²) in [5.74, 6) is -1.55. The molecule has 14 nitrogen and oxygen atoms in total. The fourth-order valence-corrected chi connectivity index (χ4v) is 3.27. The van der Waals surface area contributed by atoms with Gasteiger partial charge >= 0.3 is 30.2 Å². The molecule has 0 aliphatic rings. The molecule has 0 saturated carbocycles. The van der Waals surface area contributed by atoms with E-state index in [4.69, 9.17) is 9.47 Å². The van der Waals surface area contributed by atoms with Crippen LogP contribution in [0.25, 0.3) is 0 Å². The van der Waals surface area contributed by atoms with Crippen LogP contribution in [0.15, 0.2) is 33.3 Å². The first-order chi connectivity index (χ1) is 15.9. The summed E-state index contributed by atoms with van der Waals surface area (Å²) < 4.78 is 78.0. The fraction of sp³-hybridized carbons (Fsp3) is 0.312. The van der Waals surface area contributed by atoms with Crippen molar-refractivity contribution in [3.63, 3.8) is 0 Å². The molecule has 0 radical (unpaired) electrons. The number of hydrogen-bond acceptors (Lipinski definition) is 12. The lowest BCUT2D eigenvalue weighted by Crippen LogP contribution is -2.35. The lowest BCUT2D eigenvalue weighted by molar-refractivity contribution is -0.119. The molecule has 0 fully saturated rings. The zero-order valence-corrected chi connectivity index (χ0v) is 18.4. The second-order valence-electron chi connectivity index (χ2n) is 5.88. The van der Waals surface area contributed by atoms with E-state index in [1.54, 1.807) is 4.72 Å². The van der Waals surface area contributed by atoms with Crippen molar-refractivity contribution in [1.82, 2.24) is 19.7 Å². The number of carbonyl (C=O) groups excluding carboxylic acids is 2. The van der Waals surface area contributed by atoms with Crippen molar-refractivity contribution in [3.05, 3.63) is 23.8 Å². The second kappa shape index (κ2) is 10.7. The number of alkyl halides is 3. The third-order valence-corrected chi connectivity index (χ3v) is 4.88. The van der Waals surface area contributed by atoms with Gasteiger partial charge in [-0.05, 0) is 18.2 Å². The number of halogens is 3. The van der Waals surface area contributed by atoms with Crippen LogP contribution in [-0.4, -0.2) is 69.4 Å². The van der Waals surface area contributed by atoms with Crippen LogP contribution in [0.3, 0.4) is 0 Å². The van der Waals surface area contributed by atoms with Gasteiger partial charge in [-0.2, -0.15) is 33.4 Å². The first-order valence-corrected chi connectivity index (χ1v) is 10.2. The largest absolute Gasteiger partial charge is 0.467 e. The summed E-state index contributed by atoms with van der Waals surface area (Å²) in [6, 6.07) is 0.827. The van der Waals surface area contributed by atoms with Crippen LogP contribution in [0.1, 0.15) is 10.4 Å². The minimum absolute atomic E-state index is 0.255. The van der Waals surface area contributed by atoms with E-state index in [2.05, 4.69) is 29.9 Å². The molecule has 184 valence electrons. The van der Waals surface area contributed by atoms with Crippen molar-refractivity contribution in [2.24, 2.45) is 10.2 Å². The van der Waals surface area contributed by atoms with Gasteiger partial charge in [-0.25, -0.2) is 22.7 Å². The van der Waals surface area contributed by atoms with Crippen LogP contribution in [0, 0.1) is 0 Å². The Morgan fingerprint density at radius 1 is 1.06 bits per heavy atom. The number of hydrogen-bond donors (Lipinski definition) is 2. The Hall–Kier alpha value is -4.09. The minimum Gasteiger partial charge on any atom is -0.467 e. The average molecular weight is 507 g/mol. The molecule has 0 atom stereocenters. The van der Waals surface area contributed by atoms with Crippen LogP contribution in [0.2, 0.25) is 0 Å². The van der Waals surface area contributed by atoms with Crippen molar-refractivity contribution in [3.8, 4) is 12.0 Å². The van der Waals surface area contributed by atoms with Crippen molar-refractivity contribution in [1.29, 1.82) is 0 Å². The second-order valence-corrected chi connectivity index (χ2v) is 7.53. The van der Waals surface area contributed by atoms with E-state index in [1.165, 1.54) is 14.2 Å². The third kappa shape index (κ3) is 7.22. The summed E-state index contributed by atoms with van der Waals surface area (Å²) in [5, 5.41) is 8.22. The Balaban J connectivity index is 2.35. The minimum atomic E-state index is -4.79. The molecule has 2 amide bonds. The normalized spacial score (nSPS) is 11.7. The molecule has 18 heteroatoms. The number of carbonyl (C=O) groups is 2. The number of azo groups is 1. The van der Waals surface area contributed by atoms with Crippen LogP contribution >= 0.6 is 0 Å². The maximum atomic E-state index is 12.8. The van der Waals surface area contributed by atoms with Gasteiger partial charge in [0, 0.05) is 0 Å². The molecule has 0 aliphatic carbocycles. The van der Waals surface area contributed by atoms with E-state index in [0.29, 0.717) is 0 Å². The Kier molecular flexibility index (Phi) is 8.22. The highest BCUT2D eigenvalue weighted by Crippen LogP contribution is 2.25. The number of esters is 1. The number of aromatic nitrogens is 3. The van der Waals surface area contributed by atoms with Crippen LogP contribution in [0.4, 0.5) is 29.6 Å². The third-order valence-electron chi connectivity index (χ3n) is 3.51. The molecular formula is C16H16F3N7O7S. The van der Waals surface area contributed by atoms with Gasteiger partial charge in [0.25, 0.3) is 10.0 Å². The highest BCUT2D eigenvalue weighted by atomic mass is 32.2. The molecule has 1 heterocycles. The predicted octanol–water partition coefficient (Wildman–Crippen LogP) is 1.83. The number of sulfonamides is 1. The van der Waals surface area contributed by atoms with Gasteiger partial charge < -0.3 is 14.2 Å². The number of rotatable bonds is 8. The van der Waals surface area contributed by atoms with Crippen molar-refractivity contribution in [2.45, 2.75) is 11.1 Å². The summed E-state index contributed by atoms with van der Waals surface area (Å²) in [4.78, 5) is 34.5. The molecule has 34 heavy (non-hydrogen) atoms. The zero-order valence-electron chi connectivity index (χ0n) is 17.6. The fourth-order valence-electron chi connectivity index (χ4n) is 2.15. The summed E-state index contributed by atoms with van der Waals surface area (Å²) in [6.45, 7) is -1.62. The molecule has 1 aromatic carbocycles. The Morgan fingerprint density at radius 3 is 2.21 bits per heavy atom. The van der Waals surface area contributed by atoms with Crippen LogP contribution in [-0.2, 0) is 14.8 Å². The number of urea groups is 1. The van der Waals surface area contributed by atoms with E-state index in [1.807, 2.05) is 5.32 Å². The molecule has 0 saturated heterocycles. The molecule has 0 aliphatic heterocycles. The van der Waals surface area contributed by atoms with Crippen molar-refractivity contribution >= 4 is 33.7 Å². The molecule has 2 N–H and O–H groups in total. The topological polar surface area (TPSA) is 183 Å². The summed E-state index contributed by atoms with van der Waals surface area (Å²) in [5.41, 5.74) is -0.870. The molecular weight excluding hydrogens is 491 g/mol. The van der Waals surface area contributed by atoms with E-state index in [0.717, 1.165) is 25.3 Å². The van der Waals surface area contributed by atoms with Gasteiger partial charge in [-0.3, -0.25) is 5.32 Å². The van der Waals surface area contributed by atoms with Crippen molar-refractivity contribution < 1.29 is 45.4 Å². The van der Waals surface area contributed by atoms with Gasteiger partial charge in [0.2, 0.25) is 5.95 Å². The number of nitrogens with zero attached hydrogens (tertiary/aromatic N) is 5. The van der Waals surface area contributed by atoms with E-state index < -0.39 is 51.2 Å². The molecule has 2 aromatic rings. The monoisotopic (exact) mass is 507 g/mol. The number of anilines is 1. The highest BCUT2D eigenvalue weighted by molar-refractivity contribution is 7.90. The maximum Gasteiger partial charge on any atom is 0.409 e. The average Bonchev–Trinajstić information content (AvgIpc) is 2.76. The van der Waals surface area contributed by atoms with Gasteiger partial charge in [0.15, 0.2) is 6.54 Å². The maximum absolute atomic E-state index is 12.8. The quantitative estimate of drug-likeness (QED) is 0.395. The van der Waals surface area contributed by atoms with Gasteiger partial charge in [-0.15, -0.1) is 4.98 Å². The number of amides is 2. The molecule has 0 unspecified atom stereocenters.